The molecule has 0 aromatic heterocycles. The number of anilines is 1. The first kappa shape index (κ1) is 12.7. The van der Waals surface area contributed by atoms with Gasteiger partial charge in [0.15, 0.2) is 0 Å². The first-order valence-electron chi connectivity index (χ1n) is 6.96. The summed E-state index contributed by atoms with van der Waals surface area (Å²) < 4.78 is 0. The lowest BCUT2D eigenvalue weighted by Gasteiger charge is -2.19. The number of aromatic hydroxyl groups is 1. The van der Waals surface area contributed by atoms with Gasteiger partial charge < -0.3 is 10.4 Å². The molecule has 0 bridgehead atoms. The number of benzene rings is 2. The van der Waals surface area contributed by atoms with Crippen molar-refractivity contribution < 1.29 is 9.90 Å². The molecule has 0 radical (unpaired) electrons. The summed E-state index contributed by atoms with van der Waals surface area (Å²) in [5.41, 5.74) is 3.74. The van der Waals surface area contributed by atoms with Crippen molar-refractivity contribution in [1.82, 2.24) is 0 Å². The van der Waals surface area contributed by atoms with E-state index in [2.05, 4.69) is 11.4 Å². The average molecular weight is 267 g/mol. The van der Waals surface area contributed by atoms with Crippen LogP contribution in [0.5, 0.6) is 5.75 Å². The molecule has 2 aromatic carbocycles. The van der Waals surface area contributed by atoms with Crippen molar-refractivity contribution in [3.8, 4) is 5.75 Å². The number of rotatable bonds is 2. The number of aryl methyl sites for hydroxylation is 1. The summed E-state index contributed by atoms with van der Waals surface area (Å²) in [6.07, 6.45) is 4.46. The molecule has 0 atom stereocenters. The molecule has 0 unspecified atom stereocenters. The fourth-order valence-electron chi connectivity index (χ4n) is 2.75. The third-order valence-electron chi connectivity index (χ3n) is 3.79. The lowest BCUT2D eigenvalue weighted by Crippen LogP contribution is -2.15. The predicted octanol–water partition coefficient (Wildman–Crippen LogP) is 3.52. The summed E-state index contributed by atoms with van der Waals surface area (Å²) in [4.78, 5) is 12.2. The van der Waals surface area contributed by atoms with Crippen LogP contribution in [-0.4, -0.2) is 11.0 Å². The topological polar surface area (TPSA) is 49.3 Å². The van der Waals surface area contributed by atoms with E-state index in [1.807, 2.05) is 12.1 Å². The molecule has 0 saturated carbocycles. The van der Waals surface area contributed by atoms with Gasteiger partial charge in [0, 0.05) is 5.69 Å². The first-order valence-corrected chi connectivity index (χ1v) is 6.96. The number of fused-ring (bicyclic) bond motifs is 1. The minimum Gasteiger partial charge on any atom is -0.507 e. The van der Waals surface area contributed by atoms with Gasteiger partial charge in [0.1, 0.15) is 5.75 Å². The molecule has 2 N–H and O–H groups in total. The number of nitrogens with one attached hydrogen (secondary N) is 1. The summed E-state index contributed by atoms with van der Waals surface area (Å²) in [5.74, 6) is -0.253. The number of carbonyl (C=O) groups excluding carboxylic acids is 1. The van der Waals surface area contributed by atoms with E-state index in [9.17, 15) is 9.90 Å². The molecular formula is C17H17NO2. The van der Waals surface area contributed by atoms with Gasteiger partial charge in [0.25, 0.3) is 5.91 Å². The molecular weight excluding hydrogens is 250 g/mol. The number of phenolic OH excluding ortho intramolecular Hbond substituents is 1. The van der Waals surface area contributed by atoms with Crippen molar-refractivity contribution in [2.75, 3.05) is 5.32 Å². The quantitative estimate of drug-likeness (QED) is 0.874. The van der Waals surface area contributed by atoms with Gasteiger partial charge >= 0.3 is 0 Å². The van der Waals surface area contributed by atoms with Crippen LogP contribution >= 0.6 is 0 Å². The van der Waals surface area contributed by atoms with Crippen LogP contribution in [0.1, 0.15) is 34.3 Å². The van der Waals surface area contributed by atoms with E-state index in [4.69, 9.17) is 0 Å². The van der Waals surface area contributed by atoms with E-state index in [0.29, 0.717) is 5.56 Å². The maximum atomic E-state index is 12.2. The van der Waals surface area contributed by atoms with Gasteiger partial charge in [-0.05, 0) is 55.0 Å². The van der Waals surface area contributed by atoms with Gasteiger partial charge in [-0.25, -0.2) is 0 Å². The average Bonchev–Trinajstić information content (AvgIpc) is 2.48. The Morgan fingerprint density at radius 1 is 1.00 bits per heavy atom. The van der Waals surface area contributed by atoms with Gasteiger partial charge in [0.05, 0.1) is 5.56 Å². The summed E-state index contributed by atoms with van der Waals surface area (Å²) in [5, 5.41) is 12.7. The highest BCUT2D eigenvalue weighted by Crippen LogP contribution is 2.28. The molecule has 0 aliphatic heterocycles. The fourth-order valence-corrected chi connectivity index (χ4v) is 2.75. The molecule has 1 aliphatic rings. The zero-order valence-electron chi connectivity index (χ0n) is 11.2. The largest absolute Gasteiger partial charge is 0.507 e. The SMILES string of the molecule is O=C(Nc1cccc2c1CCCC2)c1ccccc1O. The fraction of sp³-hybridized carbons (Fsp3) is 0.235. The van der Waals surface area contributed by atoms with Crippen LogP contribution in [0.3, 0.4) is 0 Å². The third-order valence-corrected chi connectivity index (χ3v) is 3.79. The summed E-state index contributed by atoms with van der Waals surface area (Å²) >= 11 is 0. The van der Waals surface area contributed by atoms with Crippen molar-refractivity contribution in [1.29, 1.82) is 0 Å². The molecule has 102 valence electrons. The normalized spacial score (nSPS) is 13.6. The van der Waals surface area contributed by atoms with Crippen LogP contribution in [0.2, 0.25) is 0 Å². The monoisotopic (exact) mass is 267 g/mol. The van der Waals surface area contributed by atoms with Gasteiger partial charge in [0.2, 0.25) is 0 Å². The van der Waals surface area contributed by atoms with E-state index in [1.54, 1.807) is 18.2 Å². The molecule has 3 rings (SSSR count). The molecule has 1 aliphatic carbocycles. The van der Waals surface area contributed by atoms with E-state index in [0.717, 1.165) is 24.9 Å². The minimum absolute atomic E-state index is 0.00907. The predicted molar refractivity (Wildman–Crippen MR) is 79.1 cm³/mol. The molecule has 1 amide bonds. The van der Waals surface area contributed by atoms with Crippen molar-refractivity contribution in [2.45, 2.75) is 25.7 Å². The second-order valence-electron chi connectivity index (χ2n) is 5.12. The molecule has 0 fully saturated rings. The lowest BCUT2D eigenvalue weighted by atomic mass is 9.90. The number of amides is 1. The highest BCUT2D eigenvalue weighted by Gasteiger charge is 2.16. The molecule has 3 nitrogen and oxygen atoms in total. The van der Waals surface area contributed by atoms with Crippen molar-refractivity contribution in [2.24, 2.45) is 0 Å². The summed E-state index contributed by atoms with van der Waals surface area (Å²) in [7, 11) is 0. The van der Waals surface area contributed by atoms with Gasteiger partial charge in [-0.3, -0.25) is 4.79 Å². The zero-order valence-corrected chi connectivity index (χ0v) is 11.2. The van der Waals surface area contributed by atoms with E-state index in [-0.39, 0.29) is 11.7 Å². The van der Waals surface area contributed by atoms with Gasteiger partial charge in [-0.15, -0.1) is 0 Å². The summed E-state index contributed by atoms with van der Waals surface area (Å²) in [6, 6.07) is 12.6. The zero-order chi connectivity index (χ0) is 13.9. The lowest BCUT2D eigenvalue weighted by molar-refractivity contribution is 0.102. The number of hydrogen-bond donors (Lipinski definition) is 2. The maximum absolute atomic E-state index is 12.2. The Labute approximate surface area is 118 Å². The Bertz CT molecular complexity index is 649. The Kier molecular flexibility index (Phi) is 3.42. The number of phenols is 1. The second-order valence-corrected chi connectivity index (χ2v) is 5.12. The van der Waals surface area contributed by atoms with Gasteiger partial charge in [-0.1, -0.05) is 24.3 Å². The highest BCUT2D eigenvalue weighted by atomic mass is 16.3. The summed E-state index contributed by atoms with van der Waals surface area (Å²) in [6.45, 7) is 0. The highest BCUT2D eigenvalue weighted by molar-refractivity contribution is 6.06. The Balaban J connectivity index is 1.89. The number of para-hydroxylation sites is 1. The number of carbonyl (C=O) groups is 1. The van der Waals surface area contributed by atoms with Crippen molar-refractivity contribution in [3.63, 3.8) is 0 Å². The van der Waals surface area contributed by atoms with Crippen molar-refractivity contribution >= 4 is 11.6 Å². The molecule has 2 aromatic rings. The van der Waals surface area contributed by atoms with Gasteiger partial charge in [-0.2, -0.15) is 0 Å². The second kappa shape index (κ2) is 5.37. The number of hydrogen-bond acceptors (Lipinski definition) is 2. The third kappa shape index (κ3) is 2.39. The standard InChI is InChI=1S/C17H17NO2/c19-16-11-4-3-9-14(16)17(20)18-15-10-5-7-12-6-1-2-8-13(12)15/h3-5,7,9-11,19H,1-2,6,8H2,(H,18,20). The van der Waals surface area contributed by atoms with E-state index >= 15 is 0 Å². The maximum Gasteiger partial charge on any atom is 0.259 e. The van der Waals surface area contributed by atoms with Crippen LogP contribution < -0.4 is 5.32 Å². The van der Waals surface area contributed by atoms with Crippen molar-refractivity contribution in [3.05, 3.63) is 59.2 Å². The first-order chi connectivity index (χ1) is 9.75. The molecule has 20 heavy (non-hydrogen) atoms. The molecule has 3 heteroatoms. The Morgan fingerprint density at radius 3 is 2.65 bits per heavy atom. The Hall–Kier alpha value is -2.29. The van der Waals surface area contributed by atoms with E-state index < -0.39 is 0 Å². The molecule has 0 spiro atoms. The van der Waals surface area contributed by atoms with E-state index in [1.165, 1.54) is 23.6 Å². The van der Waals surface area contributed by atoms with Crippen LogP contribution in [0.25, 0.3) is 0 Å². The van der Waals surface area contributed by atoms with Crippen LogP contribution in [0.15, 0.2) is 42.5 Å². The molecule has 0 saturated heterocycles. The van der Waals surface area contributed by atoms with Crippen LogP contribution in [0.4, 0.5) is 5.69 Å². The Morgan fingerprint density at radius 2 is 1.80 bits per heavy atom. The van der Waals surface area contributed by atoms with Crippen LogP contribution in [-0.2, 0) is 12.8 Å². The molecule has 0 heterocycles. The van der Waals surface area contributed by atoms with Crippen LogP contribution in [0, 0.1) is 0 Å². The smallest absolute Gasteiger partial charge is 0.259 e. The minimum atomic E-state index is -0.262.